The Morgan fingerprint density at radius 3 is 2.05 bits per heavy atom. The molecule has 6 heteroatoms. The van der Waals surface area contributed by atoms with Gasteiger partial charge in [-0.3, -0.25) is 4.79 Å². The van der Waals surface area contributed by atoms with Gasteiger partial charge in [-0.25, -0.2) is 0 Å². The van der Waals surface area contributed by atoms with E-state index in [2.05, 4.69) is 28.6 Å². The molecule has 2 atom stereocenters. The van der Waals surface area contributed by atoms with E-state index in [0.29, 0.717) is 32.2 Å². The third-order valence-electron chi connectivity index (χ3n) is 7.91. The molecular formula is C33H60NO4S+. The monoisotopic (exact) mass is 566 g/mol. The van der Waals surface area contributed by atoms with Crippen LogP contribution in [0.2, 0.25) is 0 Å². The first-order valence-electron chi connectivity index (χ1n) is 16.5. The molecule has 0 spiro atoms. The minimum absolute atomic E-state index is 0.0682. The van der Waals surface area contributed by atoms with Gasteiger partial charge < -0.3 is 14.2 Å². The van der Waals surface area contributed by atoms with Crippen LogP contribution in [0.4, 0.5) is 0 Å². The van der Waals surface area contributed by atoms with E-state index in [9.17, 15) is 4.79 Å². The number of thiazole rings is 1. The number of ether oxygens (including phenoxy) is 3. The number of unbranched alkanes of at least 4 members (excludes halogenated alkanes) is 17. The molecule has 0 N–H and O–H groups in total. The predicted octanol–water partition coefficient (Wildman–Crippen LogP) is 8.82. The van der Waals surface area contributed by atoms with Crippen molar-refractivity contribution in [3.63, 3.8) is 0 Å². The van der Waals surface area contributed by atoms with E-state index in [1.54, 1.807) is 11.3 Å². The summed E-state index contributed by atoms with van der Waals surface area (Å²) in [5.74, 6) is 0.245. The van der Waals surface area contributed by atoms with Gasteiger partial charge in [0.1, 0.15) is 6.54 Å². The summed E-state index contributed by atoms with van der Waals surface area (Å²) in [5, 5.41) is 2.09. The van der Waals surface area contributed by atoms with Gasteiger partial charge in [0.2, 0.25) is 5.51 Å². The van der Waals surface area contributed by atoms with E-state index in [4.69, 9.17) is 14.2 Å². The summed E-state index contributed by atoms with van der Waals surface area (Å²) in [6, 6.07) is 0. The number of rotatable bonds is 27. The van der Waals surface area contributed by atoms with Crippen molar-refractivity contribution in [2.45, 2.75) is 154 Å². The van der Waals surface area contributed by atoms with Crippen molar-refractivity contribution >= 4 is 17.3 Å². The Hall–Kier alpha value is -0.980. The van der Waals surface area contributed by atoms with E-state index in [-0.39, 0.29) is 12.1 Å². The molecule has 0 radical (unpaired) electrons. The predicted molar refractivity (Wildman–Crippen MR) is 162 cm³/mol. The molecule has 39 heavy (non-hydrogen) atoms. The maximum absolute atomic E-state index is 12.0. The molecule has 1 aliphatic rings. The first-order valence-corrected chi connectivity index (χ1v) is 17.5. The molecule has 2 rings (SSSR count). The average molecular weight is 567 g/mol. The van der Waals surface area contributed by atoms with Gasteiger partial charge in [0.05, 0.1) is 31.3 Å². The lowest BCUT2D eigenvalue weighted by Gasteiger charge is -2.11. The fraction of sp³-hybridized carbons (Fsp3) is 0.879. The van der Waals surface area contributed by atoms with Crippen LogP contribution < -0.4 is 4.57 Å². The summed E-state index contributed by atoms with van der Waals surface area (Å²) < 4.78 is 19.4. The Balaban J connectivity index is 1.27. The lowest BCUT2D eigenvalue weighted by molar-refractivity contribution is -0.692. The summed E-state index contributed by atoms with van der Waals surface area (Å²) in [7, 11) is 0. The molecule has 0 amide bonds. The summed E-state index contributed by atoms with van der Waals surface area (Å²) in [6.07, 6.45) is 29.0. The summed E-state index contributed by atoms with van der Waals surface area (Å²) in [6.45, 7) is 5.99. The van der Waals surface area contributed by atoms with Crippen molar-refractivity contribution in [1.29, 1.82) is 0 Å². The summed E-state index contributed by atoms with van der Waals surface area (Å²) >= 11 is 1.71. The first kappa shape index (κ1) is 34.2. The number of hydrogen-bond acceptors (Lipinski definition) is 5. The molecule has 1 aromatic heterocycles. The third-order valence-corrected chi connectivity index (χ3v) is 8.59. The molecule has 1 aliphatic heterocycles. The van der Waals surface area contributed by atoms with Crippen LogP contribution in [0.5, 0.6) is 0 Å². The van der Waals surface area contributed by atoms with Gasteiger partial charge in [-0.05, 0) is 25.7 Å². The van der Waals surface area contributed by atoms with Crippen LogP contribution in [-0.4, -0.2) is 38.5 Å². The molecule has 1 fully saturated rings. The standard InChI is InChI=1S/C33H60NO4S/c1-2-3-4-5-6-7-8-9-10-11-12-13-14-15-16-20-24-36-29-32-26-31(27-37-32)28-38-33(35)21-18-17-19-22-34-23-25-39-30-34/h23,25,30-32H,2-22,24,26-29H2,1H3/q+1/t31-,32+/m0/s1. The molecule has 0 aromatic carbocycles. The Bertz CT molecular complexity index is 669. The van der Waals surface area contributed by atoms with Crippen molar-refractivity contribution in [2.24, 2.45) is 5.92 Å². The lowest BCUT2D eigenvalue weighted by atomic mass is 10.0. The van der Waals surface area contributed by atoms with E-state index in [1.165, 1.54) is 96.3 Å². The van der Waals surface area contributed by atoms with Crippen molar-refractivity contribution in [1.82, 2.24) is 0 Å². The minimum Gasteiger partial charge on any atom is -0.465 e. The van der Waals surface area contributed by atoms with Crippen molar-refractivity contribution in [2.75, 3.05) is 26.4 Å². The number of hydrogen-bond donors (Lipinski definition) is 0. The highest BCUT2D eigenvalue weighted by molar-refractivity contribution is 7.07. The van der Waals surface area contributed by atoms with Crippen LogP contribution in [-0.2, 0) is 25.5 Å². The zero-order chi connectivity index (χ0) is 27.6. The van der Waals surface area contributed by atoms with Crippen LogP contribution in [0.1, 0.15) is 142 Å². The topological polar surface area (TPSA) is 48.6 Å². The molecule has 2 heterocycles. The Morgan fingerprint density at radius 2 is 1.44 bits per heavy atom. The largest absolute Gasteiger partial charge is 0.465 e. The highest BCUT2D eigenvalue weighted by atomic mass is 32.1. The zero-order valence-corrected chi connectivity index (χ0v) is 26.1. The summed E-state index contributed by atoms with van der Waals surface area (Å²) in [5.41, 5.74) is 2.12. The second-order valence-electron chi connectivity index (χ2n) is 11.7. The molecular weight excluding hydrogens is 506 g/mol. The highest BCUT2D eigenvalue weighted by Crippen LogP contribution is 2.21. The number of carbonyl (C=O) groups excluding carboxylic acids is 1. The first-order chi connectivity index (χ1) is 19.3. The molecule has 0 unspecified atom stereocenters. The zero-order valence-electron chi connectivity index (χ0n) is 25.3. The van der Waals surface area contributed by atoms with Crippen molar-refractivity contribution in [3.05, 3.63) is 17.1 Å². The number of esters is 1. The van der Waals surface area contributed by atoms with Gasteiger partial charge in [0.25, 0.3) is 0 Å². The smallest absolute Gasteiger partial charge is 0.305 e. The second kappa shape index (κ2) is 24.8. The highest BCUT2D eigenvalue weighted by Gasteiger charge is 2.26. The number of carbonyl (C=O) groups is 1. The SMILES string of the molecule is CCCCCCCCCCCCCCCCCCOC[C@H]1C[C@H](COC(=O)CCCCC[n+]2ccsc2)CO1. The molecule has 0 saturated carbocycles. The Kier molecular flexibility index (Phi) is 21.8. The van der Waals surface area contributed by atoms with Crippen molar-refractivity contribution < 1.29 is 23.6 Å². The van der Waals surface area contributed by atoms with E-state index >= 15 is 0 Å². The Morgan fingerprint density at radius 1 is 0.821 bits per heavy atom. The van der Waals surface area contributed by atoms with Crippen LogP contribution in [0.3, 0.4) is 0 Å². The lowest BCUT2D eigenvalue weighted by Crippen LogP contribution is -2.29. The van der Waals surface area contributed by atoms with Gasteiger partial charge >= 0.3 is 5.97 Å². The maximum Gasteiger partial charge on any atom is 0.305 e. The molecule has 5 nitrogen and oxygen atoms in total. The maximum atomic E-state index is 12.0. The van der Waals surface area contributed by atoms with Gasteiger partial charge in [0.15, 0.2) is 6.20 Å². The van der Waals surface area contributed by atoms with E-state index in [0.717, 1.165) is 45.3 Å². The van der Waals surface area contributed by atoms with Crippen molar-refractivity contribution in [3.8, 4) is 0 Å². The quantitative estimate of drug-likeness (QED) is 0.0606. The fourth-order valence-corrected chi connectivity index (χ4v) is 6.02. The molecule has 1 saturated heterocycles. The molecule has 226 valence electrons. The van der Waals surface area contributed by atoms with Crippen LogP contribution in [0.15, 0.2) is 17.1 Å². The van der Waals surface area contributed by atoms with Crippen LogP contribution >= 0.6 is 11.3 Å². The molecule has 0 bridgehead atoms. The van der Waals surface area contributed by atoms with Gasteiger partial charge in [-0.2, -0.15) is 4.57 Å². The number of nitrogens with zero attached hydrogens (tertiary/aromatic N) is 1. The minimum atomic E-state index is -0.0682. The van der Waals surface area contributed by atoms with Crippen LogP contribution in [0, 0.1) is 5.92 Å². The Labute approximate surface area is 244 Å². The molecule has 0 aliphatic carbocycles. The second-order valence-corrected chi connectivity index (χ2v) is 12.4. The number of aryl methyl sites for hydroxylation is 1. The fourth-order valence-electron chi connectivity index (χ4n) is 5.39. The average Bonchev–Trinajstić information content (AvgIpc) is 3.63. The third kappa shape index (κ3) is 19.7. The van der Waals surface area contributed by atoms with Gasteiger partial charge in [-0.1, -0.05) is 115 Å². The van der Waals surface area contributed by atoms with Gasteiger partial charge in [0, 0.05) is 25.4 Å². The molecule has 1 aromatic rings. The van der Waals surface area contributed by atoms with E-state index < -0.39 is 0 Å². The number of aromatic nitrogens is 1. The normalized spacial score (nSPS) is 17.2. The van der Waals surface area contributed by atoms with Gasteiger partial charge in [-0.15, -0.1) is 0 Å². The van der Waals surface area contributed by atoms with Crippen LogP contribution in [0.25, 0.3) is 0 Å². The summed E-state index contributed by atoms with van der Waals surface area (Å²) in [4.78, 5) is 12.0. The van der Waals surface area contributed by atoms with E-state index in [1.807, 2.05) is 0 Å².